The van der Waals surface area contributed by atoms with Crippen LogP contribution in [0.15, 0.2) is 41.8 Å². The van der Waals surface area contributed by atoms with Crippen LogP contribution in [0.1, 0.15) is 30.2 Å². The lowest BCUT2D eigenvalue weighted by molar-refractivity contribution is 0.218. The van der Waals surface area contributed by atoms with Gasteiger partial charge in [-0.2, -0.15) is 5.10 Å². The summed E-state index contributed by atoms with van der Waals surface area (Å²) in [6.07, 6.45) is 9.18. The molecule has 2 aliphatic heterocycles. The minimum Gasteiger partial charge on any atom is -0.392 e. The van der Waals surface area contributed by atoms with Crippen LogP contribution in [0.5, 0.6) is 0 Å². The van der Waals surface area contributed by atoms with Crippen LogP contribution >= 0.6 is 11.8 Å². The van der Waals surface area contributed by atoms with E-state index >= 15 is 0 Å². The van der Waals surface area contributed by atoms with Crippen LogP contribution in [0.25, 0.3) is 0 Å². The highest BCUT2D eigenvalue weighted by atomic mass is 32.2. The molecule has 0 amide bonds. The van der Waals surface area contributed by atoms with Crippen LogP contribution in [0.4, 0.5) is 14.5 Å². The Balaban J connectivity index is 1.50. The molecule has 144 valence electrons. The number of halogens is 2. The molecule has 2 aliphatic rings. The highest BCUT2D eigenvalue weighted by molar-refractivity contribution is 8.03. The summed E-state index contributed by atoms with van der Waals surface area (Å²) in [7, 11) is 0. The molecular formula is C19H23F2N5S. The van der Waals surface area contributed by atoms with E-state index in [2.05, 4.69) is 10.00 Å². The molecule has 4 rings (SSSR count). The number of benzene rings is 1. The van der Waals surface area contributed by atoms with Crippen molar-refractivity contribution in [1.29, 1.82) is 0 Å². The molecule has 1 aromatic carbocycles. The zero-order chi connectivity index (χ0) is 18.8. The number of thioether (sulfide) groups is 1. The number of likely N-dealkylation sites (tertiary alicyclic amines) is 1. The molecule has 0 spiro atoms. The van der Waals surface area contributed by atoms with Gasteiger partial charge in [0.15, 0.2) is 0 Å². The van der Waals surface area contributed by atoms with Gasteiger partial charge in [-0.05, 0) is 38.1 Å². The highest BCUT2D eigenvalue weighted by Crippen LogP contribution is 2.45. The van der Waals surface area contributed by atoms with E-state index in [0.717, 1.165) is 31.9 Å². The second kappa shape index (κ2) is 7.90. The Hall–Kier alpha value is -2.06. The van der Waals surface area contributed by atoms with Crippen LogP contribution in [-0.2, 0) is 6.54 Å². The number of nitrogens with two attached hydrogens (primary N) is 1. The summed E-state index contributed by atoms with van der Waals surface area (Å²) in [6, 6.07) is 3.91. The van der Waals surface area contributed by atoms with E-state index < -0.39 is 17.0 Å². The van der Waals surface area contributed by atoms with Crippen molar-refractivity contribution in [3.63, 3.8) is 0 Å². The smallest absolute Gasteiger partial charge is 0.132 e. The van der Waals surface area contributed by atoms with Gasteiger partial charge in [0.2, 0.25) is 0 Å². The average Bonchev–Trinajstić information content (AvgIpc) is 3.27. The number of anilines is 1. The molecule has 0 saturated carbocycles. The van der Waals surface area contributed by atoms with Gasteiger partial charge >= 0.3 is 0 Å². The predicted octanol–water partition coefficient (Wildman–Crippen LogP) is 3.66. The summed E-state index contributed by atoms with van der Waals surface area (Å²) in [5.41, 5.74) is 6.74. The van der Waals surface area contributed by atoms with E-state index in [4.69, 9.17) is 5.73 Å². The van der Waals surface area contributed by atoms with E-state index in [1.165, 1.54) is 49.2 Å². The molecule has 8 heteroatoms. The molecule has 1 unspecified atom stereocenters. The third kappa shape index (κ3) is 3.96. The zero-order valence-electron chi connectivity index (χ0n) is 15.0. The summed E-state index contributed by atoms with van der Waals surface area (Å²) in [6.45, 7) is 4.04. The molecule has 2 aromatic rings. The molecule has 3 heterocycles. The van der Waals surface area contributed by atoms with Gasteiger partial charge in [-0.25, -0.2) is 8.78 Å². The fraction of sp³-hybridized carbons (Fsp3) is 0.421. The van der Waals surface area contributed by atoms with Gasteiger partial charge in [0, 0.05) is 18.9 Å². The van der Waals surface area contributed by atoms with Crippen molar-refractivity contribution >= 4 is 17.4 Å². The maximum absolute atomic E-state index is 14.3. The summed E-state index contributed by atoms with van der Waals surface area (Å²) in [5.74, 6) is -1.14. The number of piperidine rings is 1. The molecule has 1 atom stereocenters. The standard InChI is InChI=1S/C19H23F2N5S/c20-15-5-4-6-16(21)18(15)19-26(13-17(22)27-19)14-11-23-25(12-14)10-9-24-7-2-1-3-8-24/h4-6,11-13,19H,1-3,7-10,22H2. The van der Waals surface area contributed by atoms with Gasteiger partial charge in [-0.3, -0.25) is 4.68 Å². The van der Waals surface area contributed by atoms with Crippen molar-refractivity contribution in [2.75, 3.05) is 24.5 Å². The lowest BCUT2D eigenvalue weighted by Crippen LogP contribution is -2.32. The fourth-order valence-corrected chi connectivity index (χ4v) is 4.68. The molecule has 0 aliphatic carbocycles. The summed E-state index contributed by atoms with van der Waals surface area (Å²) >= 11 is 1.23. The SMILES string of the molecule is NC1=CN(c2cnn(CCN3CCCCC3)c2)C(c2c(F)cccc2F)S1. The zero-order valence-corrected chi connectivity index (χ0v) is 15.8. The Morgan fingerprint density at radius 3 is 2.59 bits per heavy atom. The summed E-state index contributed by atoms with van der Waals surface area (Å²) < 4.78 is 30.4. The Labute approximate surface area is 161 Å². The van der Waals surface area contributed by atoms with Crippen LogP contribution in [0, 0.1) is 11.6 Å². The maximum atomic E-state index is 14.3. The van der Waals surface area contributed by atoms with Gasteiger partial charge in [0.05, 0.1) is 29.0 Å². The van der Waals surface area contributed by atoms with Crippen molar-refractivity contribution in [3.05, 3.63) is 59.0 Å². The third-order valence-electron chi connectivity index (χ3n) is 5.03. The van der Waals surface area contributed by atoms with Crippen molar-refractivity contribution in [2.24, 2.45) is 5.73 Å². The monoisotopic (exact) mass is 391 g/mol. The van der Waals surface area contributed by atoms with Crippen molar-refractivity contribution in [3.8, 4) is 0 Å². The van der Waals surface area contributed by atoms with Gasteiger partial charge in [-0.1, -0.05) is 24.2 Å². The first kappa shape index (κ1) is 18.3. The molecule has 2 N–H and O–H groups in total. The Morgan fingerprint density at radius 2 is 1.85 bits per heavy atom. The number of hydrogen-bond donors (Lipinski definition) is 1. The lowest BCUT2D eigenvalue weighted by atomic mass is 10.1. The van der Waals surface area contributed by atoms with E-state index in [0.29, 0.717) is 5.03 Å². The molecule has 1 aromatic heterocycles. The first-order valence-electron chi connectivity index (χ1n) is 9.23. The molecule has 0 radical (unpaired) electrons. The van der Waals surface area contributed by atoms with E-state index in [1.807, 2.05) is 10.9 Å². The number of aromatic nitrogens is 2. The van der Waals surface area contributed by atoms with Gasteiger partial charge in [-0.15, -0.1) is 0 Å². The quantitative estimate of drug-likeness (QED) is 0.843. The molecule has 1 fully saturated rings. The largest absolute Gasteiger partial charge is 0.392 e. The van der Waals surface area contributed by atoms with E-state index in [9.17, 15) is 8.78 Å². The topological polar surface area (TPSA) is 50.3 Å². The maximum Gasteiger partial charge on any atom is 0.132 e. The lowest BCUT2D eigenvalue weighted by Gasteiger charge is -2.26. The second-order valence-electron chi connectivity index (χ2n) is 6.91. The third-order valence-corrected chi connectivity index (χ3v) is 6.09. The van der Waals surface area contributed by atoms with E-state index in [-0.39, 0.29) is 5.56 Å². The summed E-state index contributed by atoms with van der Waals surface area (Å²) in [5, 5.41) is 4.36. The fourth-order valence-electron chi connectivity index (χ4n) is 3.61. The van der Waals surface area contributed by atoms with E-state index in [1.54, 1.807) is 17.3 Å². The molecule has 0 bridgehead atoms. The first-order chi connectivity index (χ1) is 13.1. The van der Waals surface area contributed by atoms with Gasteiger partial charge < -0.3 is 15.5 Å². The second-order valence-corrected chi connectivity index (χ2v) is 8.06. The molecule has 27 heavy (non-hydrogen) atoms. The van der Waals surface area contributed by atoms with Crippen molar-refractivity contribution < 1.29 is 8.78 Å². The van der Waals surface area contributed by atoms with Crippen LogP contribution < -0.4 is 10.6 Å². The minimum absolute atomic E-state index is 0.0141. The number of nitrogens with zero attached hydrogens (tertiary/aromatic N) is 4. The average molecular weight is 391 g/mol. The predicted molar refractivity (Wildman–Crippen MR) is 104 cm³/mol. The Bertz CT molecular complexity index is 811. The minimum atomic E-state index is -0.578. The Kier molecular flexibility index (Phi) is 5.36. The van der Waals surface area contributed by atoms with Crippen molar-refractivity contribution in [1.82, 2.24) is 14.7 Å². The van der Waals surface area contributed by atoms with Gasteiger partial charge in [0.25, 0.3) is 0 Å². The van der Waals surface area contributed by atoms with Gasteiger partial charge in [0.1, 0.15) is 17.0 Å². The Morgan fingerprint density at radius 1 is 1.11 bits per heavy atom. The molecular weight excluding hydrogens is 368 g/mol. The van der Waals surface area contributed by atoms with Crippen LogP contribution in [0.3, 0.4) is 0 Å². The van der Waals surface area contributed by atoms with Crippen LogP contribution in [-0.4, -0.2) is 34.3 Å². The first-order valence-corrected chi connectivity index (χ1v) is 10.1. The highest BCUT2D eigenvalue weighted by Gasteiger charge is 2.32. The molecule has 1 saturated heterocycles. The molecule has 5 nitrogen and oxygen atoms in total. The normalized spacial score (nSPS) is 20.9. The number of rotatable bonds is 5. The van der Waals surface area contributed by atoms with Crippen molar-refractivity contribution in [2.45, 2.75) is 31.2 Å². The summed E-state index contributed by atoms with van der Waals surface area (Å²) in [4.78, 5) is 4.23. The number of hydrogen-bond acceptors (Lipinski definition) is 5. The van der Waals surface area contributed by atoms with Crippen LogP contribution in [0.2, 0.25) is 0 Å².